The van der Waals surface area contributed by atoms with Crippen LogP contribution in [-0.2, 0) is 11.3 Å². The Morgan fingerprint density at radius 3 is 2.53 bits per heavy atom. The molecule has 1 N–H and O–H groups in total. The molecule has 3 heterocycles. The van der Waals surface area contributed by atoms with Gasteiger partial charge in [0, 0.05) is 30.6 Å². The van der Waals surface area contributed by atoms with Gasteiger partial charge >= 0.3 is 0 Å². The number of ether oxygens (including phenoxy) is 1. The molecule has 0 spiro atoms. The standard InChI is InChI=1S/C22H23N3O3S2/c1-14-10-25(11-15(2)28-14)12-16-13-30-22(23-16)24-21(27)18-7-4-3-6-17(18)20(26)19-8-5-9-29-19/h3-9,13-15H,10-12H2,1-2H3,(H,23,24,27). The molecule has 6 nitrogen and oxygen atoms in total. The zero-order valence-corrected chi connectivity index (χ0v) is 18.5. The van der Waals surface area contributed by atoms with Crippen LogP contribution in [0.5, 0.6) is 0 Å². The van der Waals surface area contributed by atoms with Gasteiger partial charge in [0.15, 0.2) is 5.13 Å². The Morgan fingerprint density at radius 1 is 1.10 bits per heavy atom. The number of rotatable bonds is 6. The van der Waals surface area contributed by atoms with Crippen molar-refractivity contribution in [1.29, 1.82) is 0 Å². The lowest BCUT2D eigenvalue weighted by molar-refractivity contribution is -0.0707. The largest absolute Gasteiger partial charge is 0.373 e. The maximum absolute atomic E-state index is 12.9. The highest BCUT2D eigenvalue weighted by Gasteiger charge is 2.23. The second-order valence-electron chi connectivity index (χ2n) is 7.40. The van der Waals surface area contributed by atoms with Gasteiger partial charge < -0.3 is 4.74 Å². The normalized spacial score (nSPS) is 19.5. The van der Waals surface area contributed by atoms with Crippen molar-refractivity contribution in [1.82, 2.24) is 9.88 Å². The van der Waals surface area contributed by atoms with Crippen molar-refractivity contribution in [3.63, 3.8) is 0 Å². The number of morpholine rings is 1. The number of carbonyl (C=O) groups is 2. The molecule has 1 aliphatic heterocycles. The van der Waals surface area contributed by atoms with Crippen LogP contribution in [0.3, 0.4) is 0 Å². The minimum Gasteiger partial charge on any atom is -0.373 e. The Labute approximate surface area is 183 Å². The number of ketones is 1. The number of amides is 1. The van der Waals surface area contributed by atoms with Gasteiger partial charge in [-0.1, -0.05) is 24.3 Å². The van der Waals surface area contributed by atoms with Crippen LogP contribution in [0.15, 0.2) is 47.2 Å². The van der Waals surface area contributed by atoms with Gasteiger partial charge in [-0.25, -0.2) is 4.98 Å². The molecule has 0 aliphatic carbocycles. The zero-order chi connectivity index (χ0) is 21.1. The number of hydrogen-bond acceptors (Lipinski definition) is 7. The average Bonchev–Trinajstić information content (AvgIpc) is 3.39. The Balaban J connectivity index is 1.45. The fourth-order valence-electron chi connectivity index (χ4n) is 3.66. The summed E-state index contributed by atoms with van der Waals surface area (Å²) in [5.41, 5.74) is 1.66. The first-order chi connectivity index (χ1) is 14.5. The average molecular weight is 442 g/mol. The van der Waals surface area contributed by atoms with Crippen LogP contribution in [0.2, 0.25) is 0 Å². The van der Waals surface area contributed by atoms with Crippen molar-refractivity contribution >= 4 is 39.5 Å². The highest BCUT2D eigenvalue weighted by atomic mass is 32.1. The van der Waals surface area contributed by atoms with Crippen LogP contribution in [0.25, 0.3) is 0 Å². The first kappa shape index (κ1) is 20.9. The summed E-state index contributed by atoms with van der Waals surface area (Å²) in [6.07, 6.45) is 0.396. The minimum atomic E-state index is -0.329. The number of nitrogens with zero attached hydrogens (tertiary/aromatic N) is 2. The molecule has 0 bridgehead atoms. The topological polar surface area (TPSA) is 71.5 Å². The second-order valence-corrected chi connectivity index (χ2v) is 9.21. The quantitative estimate of drug-likeness (QED) is 0.578. The van der Waals surface area contributed by atoms with Crippen LogP contribution in [0, 0.1) is 0 Å². The number of thiophene rings is 1. The number of carbonyl (C=O) groups excluding carboxylic acids is 2. The molecule has 8 heteroatoms. The van der Waals surface area contributed by atoms with Gasteiger partial charge in [0.2, 0.25) is 5.78 Å². The first-order valence-electron chi connectivity index (χ1n) is 9.80. The highest BCUT2D eigenvalue weighted by Crippen LogP contribution is 2.22. The van der Waals surface area contributed by atoms with Gasteiger partial charge in [-0.2, -0.15) is 0 Å². The lowest BCUT2D eigenvalue weighted by Gasteiger charge is -2.34. The summed E-state index contributed by atoms with van der Waals surface area (Å²) in [6, 6.07) is 10.5. The Morgan fingerprint density at radius 2 is 1.83 bits per heavy atom. The van der Waals surface area contributed by atoms with E-state index in [-0.39, 0.29) is 23.9 Å². The molecule has 0 saturated carbocycles. The molecule has 30 heavy (non-hydrogen) atoms. The van der Waals surface area contributed by atoms with Gasteiger partial charge in [-0.05, 0) is 31.4 Å². The maximum Gasteiger partial charge on any atom is 0.258 e. The van der Waals surface area contributed by atoms with Gasteiger partial charge in [-0.15, -0.1) is 22.7 Å². The molecule has 2 atom stereocenters. The Kier molecular flexibility index (Phi) is 6.38. The summed E-state index contributed by atoms with van der Waals surface area (Å²) >= 11 is 2.76. The second kappa shape index (κ2) is 9.18. The van der Waals surface area contributed by atoms with Gasteiger partial charge in [0.05, 0.1) is 28.3 Å². The number of aromatic nitrogens is 1. The van der Waals surface area contributed by atoms with Crippen molar-refractivity contribution in [3.05, 3.63) is 68.9 Å². The van der Waals surface area contributed by atoms with E-state index in [1.807, 2.05) is 16.8 Å². The van der Waals surface area contributed by atoms with E-state index in [0.29, 0.717) is 21.1 Å². The fourth-order valence-corrected chi connectivity index (χ4v) is 5.04. The Bertz CT molecular complexity index is 1020. The van der Waals surface area contributed by atoms with E-state index in [0.717, 1.165) is 25.3 Å². The fraction of sp³-hybridized carbons (Fsp3) is 0.318. The van der Waals surface area contributed by atoms with Gasteiger partial charge in [0.1, 0.15) is 0 Å². The number of benzene rings is 1. The first-order valence-corrected chi connectivity index (χ1v) is 11.6. The van der Waals surface area contributed by atoms with E-state index in [2.05, 4.69) is 29.0 Å². The van der Waals surface area contributed by atoms with E-state index in [9.17, 15) is 9.59 Å². The van der Waals surface area contributed by atoms with Crippen LogP contribution < -0.4 is 5.32 Å². The summed E-state index contributed by atoms with van der Waals surface area (Å²) in [7, 11) is 0. The van der Waals surface area contributed by atoms with E-state index >= 15 is 0 Å². The number of hydrogen-bond donors (Lipinski definition) is 1. The molecule has 1 aromatic carbocycles. The molecule has 4 rings (SSSR count). The van der Waals surface area contributed by atoms with E-state index in [1.54, 1.807) is 30.3 Å². The number of nitrogens with one attached hydrogen (secondary N) is 1. The molecule has 1 fully saturated rings. The van der Waals surface area contributed by atoms with Crippen molar-refractivity contribution in [2.75, 3.05) is 18.4 Å². The monoisotopic (exact) mass is 441 g/mol. The molecule has 1 amide bonds. The van der Waals surface area contributed by atoms with Crippen molar-refractivity contribution < 1.29 is 14.3 Å². The highest BCUT2D eigenvalue weighted by molar-refractivity contribution is 7.14. The van der Waals surface area contributed by atoms with E-state index in [1.165, 1.54) is 22.7 Å². The summed E-state index contributed by atoms with van der Waals surface area (Å²) in [5, 5.41) is 7.19. The van der Waals surface area contributed by atoms with Crippen LogP contribution in [-0.4, -0.2) is 46.9 Å². The zero-order valence-electron chi connectivity index (χ0n) is 16.8. The van der Waals surface area contributed by atoms with E-state index in [4.69, 9.17) is 4.74 Å². The molecule has 2 unspecified atom stereocenters. The summed E-state index contributed by atoms with van der Waals surface area (Å²) in [4.78, 5) is 33.1. The van der Waals surface area contributed by atoms with Crippen LogP contribution >= 0.6 is 22.7 Å². The molecule has 156 valence electrons. The molecular formula is C22H23N3O3S2. The third-order valence-electron chi connectivity index (χ3n) is 4.81. The van der Waals surface area contributed by atoms with Gasteiger partial charge in [-0.3, -0.25) is 19.8 Å². The molecule has 2 aromatic heterocycles. The third kappa shape index (κ3) is 4.84. The third-order valence-corrected chi connectivity index (χ3v) is 6.49. The predicted molar refractivity (Wildman–Crippen MR) is 120 cm³/mol. The van der Waals surface area contributed by atoms with Crippen molar-refractivity contribution in [3.8, 4) is 0 Å². The number of anilines is 1. The predicted octanol–water partition coefficient (Wildman–Crippen LogP) is 4.30. The van der Waals surface area contributed by atoms with E-state index < -0.39 is 0 Å². The van der Waals surface area contributed by atoms with Crippen LogP contribution in [0.1, 0.15) is 45.1 Å². The molecule has 1 saturated heterocycles. The van der Waals surface area contributed by atoms with Crippen molar-refractivity contribution in [2.45, 2.75) is 32.6 Å². The summed E-state index contributed by atoms with van der Waals surface area (Å²) < 4.78 is 5.77. The SMILES string of the molecule is CC1CN(Cc2csc(NC(=O)c3ccccc3C(=O)c3cccs3)n2)CC(C)O1. The summed E-state index contributed by atoms with van der Waals surface area (Å²) in [6.45, 7) is 6.59. The lowest BCUT2D eigenvalue weighted by atomic mass is 10.0. The molecule has 1 aliphatic rings. The van der Waals surface area contributed by atoms with Gasteiger partial charge in [0.25, 0.3) is 5.91 Å². The number of thiazole rings is 1. The smallest absolute Gasteiger partial charge is 0.258 e. The molecule has 0 radical (unpaired) electrons. The molecule has 3 aromatic rings. The Hall–Kier alpha value is -2.39. The summed E-state index contributed by atoms with van der Waals surface area (Å²) in [5.74, 6) is -0.476. The maximum atomic E-state index is 12.9. The van der Waals surface area contributed by atoms with Crippen molar-refractivity contribution in [2.24, 2.45) is 0 Å². The van der Waals surface area contributed by atoms with Crippen LogP contribution in [0.4, 0.5) is 5.13 Å². The molecular weight excluding hydrogens is 418 g/mol. The lowest BCUT2D eigenvalue weighted by Crippen LogP contribution is -2.44. The minimum absolute atomic E-state index is 0.147.